The Labute approximate surface area is 338 Å². The highest BCUT2D eigenvalue weighted by molar-refractivity contribution is 7.99. The van der Waals surface area contributed by atoms with Gasteiger partial charge in [0.05, 0.1) is 5.92 Å². The summed E-state index contributed by atoms with van der Waals surface area (Å²) in [5.74, 6) is 2.08. The van der Waals surface area contributed by atoms with Crippen LogP contribution >= 0.6 is 11.8 Å². The summed E-state index contributed by atoms with van der Waals surface area (Å²) in [7, 11) is -2.89. The highest BCUT2D eigenvalue weighted by atomic mass is 32.2. The first-order valence-electron chi connectivity index (χ1n) is 20.3. The molecule has 0 amide bonds. The van der Waals surface area contributed by atoms with Crippen LogP contribution in [0.15, 0.2) is 126 Å². The van der Waals surface area contributed by atoms with E-state index >= 15 is 0 Å². The van der Waals surface area contributed by atoms with E-state index in [1.54, 1.807) is 0 Å². The van der Waals surface area contributed by atoms with Gasteiger partial charge in [0.2, 0.25) is 0 Å². The lowest BCUT2D eigenvalue weighted by Gasteiger charge is -2.53. The van der Waals surface area contributed by atoms with Crippen molar-refractivity contribution in [3.63, 3.8) is 0 Å². The van der Waals surface area contributed by atoms with Crippen molar-refractivity contribution in [2.45, 2.75) is 83.8 Å². The number of anilines is 1. The van der Waals surface area contributed by atoms with Crippen molar-refractivity contribution < 1.29 is 14.1 Å². The molecule has 2 N–H and O–H groups in total. The van der Waals surface area contributed by atoms with Crippen LogP contribution in [-0.4, -0.2) is 41.3 Å². The number of hydrogen-bond acceptors (Lipinski definition) is 7. The average Bonchev–Trinajstić information content (AvgIpc) is 3.59. The molecule has 1 aromatic heterocycles. The number of thioether (sulfide) groups is 1. The standard InChI is InChI=1S/C47H58N4O3SSi/c1-31(2)41(30-55-45-25-17-14-22-42(45)48)39-27-32(3)26-38-37(33(4)46(52)53-51-49-43-23-15-16-24-44(43)50-51)28-34(29-40(38)39)54-56(47(5,6)7,35-18-10-8-11-19-35)36-20-12-9-13-21-36/h8-26,31,33-34,37-41H,27-30,48H2,1-7H3/t33-,34+,37-,38+,39+,40-,41+/m0/s1. The van der Waals surface area contributed by atoms with Crippen LogP contribution in [0.5, 0.6) is 0 Å². The predicted molar refractivity (Wildman–Crippen MR) is 232 cm³/mol. The minimum absolute atomic E-state index is 0.00238. The number of hydrogen-bond donors (Lipinski definition) is 1. The molecular weight excluding hydrogens is 729 g/mol. The van der Waals surface area contributed by atoms with E-state index in [0.717, 1.165) is 40.6 Å². The van der Waals surface area contributed by atoms with E-state index < -0.39 is 14.2 Å². The van der Waals surface area contributed by atoms with Gasteiger partial charge in [-0.2, -0.15) is 0 Å². The summed E-state index contributed by atoms with van der Waals surface area (Å²) in [6, 6.07) is 37.6. The highest BCUT2D eigenvalue weighted by Gasteiger charge is 2.55. The van der Waals surface area contributed by atoms with Crippen LogP contribution in [0.4, 0.5) is 5.69 Å². The number of para-hydroxylation sites is 1. The van der Waals surface area contributed by atoms with Gasteiger partial charge in [0, 0.05) is 27.4 Å². The van der Waals surface area contributed by atoms with E-state index in [1.165, 1.54) is 15.9 Å². The van der Waals surface area contributed by atoms with Crippen LogP contribution in [0.1, 0.15) is 67.7 Å². The van der Waals surface area contributed by atoms with Gasteiger partial charge < -0.3 is 15.0 Å². The number of fused-ring (bicyclic) bond motifs is 2. The molecule has 0 radical (unpaired) electrons. The van der Waals surface area contributed by atoms with Crippen LogP contribution in [0.25, 0.3) is 11.0 Å². The van der Waals surface area contributed by atoms with E-state index in [2.05, 4.69) is 131 Å². The summed E-state index contributed by atoms with van der Waals surface area (Å²) >= 11 is 1.88. The van der Waals surface area contributed by atoms with E-state index in [-0.39, 0.29) is 28.9 Å². The molecule has 0 unspecified atom stereocenters. The molecule has 4 aromatic carbocycles. The molecule has 7 atom stereocenters. The Balaban J connectivity index is 1.28. The Bertz CT molecular complexity index is 2060. The van der Waals surface area contributed by atoms with E-state index in [4.69, 9.17) is 15.0 Å². The van der Waals surface area contributed by atoms with Gasteiger partial charge in [0.1, 0.15) is 11.0 Å². The zero-order valence-corrected chi connectivity index (χ0v) is 35.8. The molecule has 0 saturated heterocycles. The summed E-state index contributed by atoms with van der Waals surface area (Å²) in [5.41, 5.74) is 10.1. The lowest BCUT2D eigenvalue weighted by molar-refractivity contribution is -0.156. The quantitative estimate of drug-likeness (QED) is 0.0584. The molecule has 1 fully saturated rings. The molecule has 9 heteroatoms. The van der Waals surface area contributed by atoms with Gasteiger partial charge in [-0.3, -0.25) is 0 Å². The zero-order valence-electron chi connectivity index (χ0n) is 34.0. The number of rotatable bonds is 12. The van der Waals surface area contributed by atoms with Crippen LogP contribution in [-0.2, 0) is 9.22 Å². The van der Waals surface area contributed by atoms with Crippen molar-refractivity contribution in [2.75, 3.05) is 11.5 Å². The van der Waals surface area contributed by atoms with Crippen molar-refractivity contribution in [1.82, 2.24) is 15.2 Å². The van der Waals surface area contributed by atoms with Crippen molar-refractivity contribution >= 4 is 53.1 Å². The number of carbonyl (C=O) groups is 1. The normalized spacial score (nSPS) is 22.6. The fourth-order valence-corrected chi connectivity index (χ4v) is 16.0. The third-order valence-electron chi connectivity index (χ3n) is 12.6. The van der Waals surface area contributed by atoms with Gasteiger partial charge in [0.15, 0.2) is 0 Å². The molecule has 56 heavy (non-hydrogen) atoms. The molecular formula is C47H58N4O3SSi. The maximum absolute atomic E-state index is 14.3. The predicted octanol–water partition coefficient (Wildman–Crippen LogP) is 9.22. The van der Waals surface area contributed by atoms with Crippen LogP contribution in [0.2, 0.25) is 5.04 Å². The first kappa shape index (κ1) is 40.0. The molecule has 0 bridgehead atoms. The molecule has 0 aliphatic heterocycles. The SMILES string of the molecule is CC1=C[C@@H]2[C@H]([C@H](C)C(=O)On3nc4ccccc4n3)C[C@@H](O[Si](c3ccccc3)(c3ccccc3)C(C)(C)C)C[C@@H]2[C@H]([C@H](CSc2ccccc2N)C(C)C)C1. The minimum Gasteiger partial charge on any atom is -0.404 e. The van der Waals surface area contributed by atoms with Crippen LogP contribution in [0.3, 0.4) is 0 Å². The first-order chi connectivity index (χ1) is 26.9. The summed E-state index contributed by atoms with van der Waals surface area (Å²) in [4.78, 5) is 22.5. The molecule has 7 rings (SSSR count). The van der Waals surface area contributed by atoms with Crippen molar-refractivity contribution in [2.24, 2.45) is 41.4 Å². The van der Waals surface area contributed by atoms with E-state index in [9.17, 15) is 4.79 Å². The third kappa shape index (κ3) is 8.13. The van der Waals surface area contributed by atoms with Crippen molar-refractivity contribution in [3.05, 3.63) is 121 Å². The summed E-state index contributed by atoms with van der Waals surface area (Å²) < 4.78 is 7.96. The van der Waals surface area contributed by atoms with Crippen molar-refractivity contribution in [3.8, 4) is 0 Å². The van der Waals surface area contributed by atoms with Crippen LogP contribution in [0, 0.1) is 41.4 Å². The maximum Gasteiger partial charge on any atom is 0.339 e. The number of allylic oxidation sites excluding steroid dienone is 2. The second-order valence-electron chi connectivity index (χ2n) is 17.6. The first-order valence-corrected chi connectivity index (χ1v) is 23.2. The van der Waals surface area contributed by atoms with Gasteiger partial charge in [-0.1, -0.05) is 138 Å². The molecule has 2 aliphatic carbocycles. The Kier molecular flexibility index (Phi) is 12.0. The second kappa shape index (κ2) is 16.7. The molecule has 5 aromatic rings. The Morgan fingerprint density at radius 1 is 0.839 bits per heavy atom. The average molecular weight is 787 g/mol. The monoisotopic (exact) mass is 786 g/mol. The van der Waals surface area contributed by atoms with Gasteiger partial charge in [-0.15, -0.1) is 22.0 Å². The van der Waals surface area contributed by atoms with Gasteiger partial charge in [-0.05, 0) is 101 Å². The number of benzene rings is 4. The molecule has 7 nitrogen and oxygen atoms in total. The maximum atomic E-state index is 14.3. The zero-order chi connectivity index (χ0) is 39.6. The molecule has 294 valence electrons. The van der Waals surface area contributed by atoms with Gasteiger partial charge >= 0.3 is 5.97 Å². The number of nitrogen functional groups attached to an aromatic ring is 1. The lowest BCUT2D eigenvalue weighted by Crippen LogP contribution is -2.68. The summed E-state index contributed by atoms with van der Waals surface area (Å²) in [6.07, 6.45) is 5.17. The number of nitrogens with zero attached hydrogens (tertiary/aromatic N) is 3. The molecule has 2 aliphatic rings. The fourth-order valence-electron chi connectivity index (χ4n) is 9.83. The third-order valence-corrected chi connectivity index (χ3v) is 18.9. The van der Waals surface area contributed by atoms with Crippen LogP contribution < -0.4 is 20.9 Å². The molecule has 1 heterocycles. The van der Waals surface area contributed by atoms with E-state index in [0.29, 0.717) is 34.7 Å². The Hall–Kier alpha value is -4.18. The largest absolute Gasteiger partial charge is 0.404 e. The van der Waals surface area contributed by atoms with Crippen molar-refractivity contribution in [1.29, 1.82) is 0 Å². The van der Waals surface area contributed by atoms with E-state index in [1.807, 2.05) is 55.1 Å². The number of carbonyl (C=O) groups excluding carboxylic acids is 1. The Morgan fingerprint density at radius 2 is 1.41 bits per heavy atom. The molecule has 1 saturated carbocycles. The smallest absolute Gasteiger partial charge is 0.339 e. The van der Waals surface area contributed by atoms with Gasteiger partial charge in [0.25, 0.3) is 8.32 Å². The number of aromatic nitrogens is 3. The highest BCUT2D eigenvalue weighted by Crippen LogP contribution is 2.53. The summed E-state index contributed by atoms with van der Waals surface area (Å²) in [5, 5.41) is 11.3. The minimum atomic E-state index is -2.89. The Morgan fingerprint density at radius 3 is 1.98 bits per heavy atom. The lowest BCUT2D eigenvalue weighted by atomic mass is 9.56. The van der Waals surface area contributed by atoms with Gasteiger partial charge in [-0.25, -0.2) is 4.79 Å². The summed E-state index contributed by atoms with van der Waals surface area (Å²) in [6.45, 7) is 16.1. The molecule has 0 spiro atoms. The second-order valence-corrected chi connectivity index (χ2v) is 22.9. The topological polar surface area (TPSA) is 92.3 Å². The fraction of sp³-hybridized carbons (Fsp3) is 0.426. The number of nitrogens with two attached hydrogens (primary N) is 1.